The van der Waals surface area contributed by atoms with Crippen LogP contribution in [0.2, 0.25) is 0 Å². The number of pyridine rings is 1. The summed E-state index contributed by atoms with van der Waals surface area (Å²) in [6.07, 6.45) is 9.21. The summed E-state index contributed by atoms with van der Waals surface area (Å²) in [6.45, 7) is 4.09. The normalized spacial score (nSPS) is 18.3. The second kappa shape index (κ2) is 5.97. The van der Waals surface area contributed by atoms with Gasteiger partial charge in [-0.1, -0.05) is 12.8 Å². The Morgan fingerprint density at radius 2 is 1.88 bits per heavy atom. The predicted octanol–water partition coefficient (Wildman–Crippen LogP) is 1.92. The van der Waals surface area contributed by atoms with Gasteiger partial charge in [-0.05, 0) is 43.1 Å². The first-order valence-electron chi connectivity index (χ1n) is 6.24. The van der Waals surface area contributed by atoms with Crippen molar-refractivity contribution in [3.05, 3.63) is 29.6 Å². The number of rotatable bonds is 3. The highest BCUT2D eigenvalue weighted by Gasteiger charge is 2.10. The molecule has 0 aromatic carbocycles. The van der Waals surface area contributed by atoms with Crippen molar-refractivity contribution in [1.82, 2.24) is 9.88 Å². The molecule has 0 bridgehead atoms. The van der Waals surface area contributed by atoms with E-state index in [1.807, 2.05) is 12.4 Å². The number of nitrogens with two attached hydrogens (primary N) is 1. The van der Waals surface area contributed by atoms with Crippen LogP contribution in [0.15, 0.2) is 18.5 Å². The first-order chi connectivity index (χ1) is 7.90. The molecule has 1 aromatic heterocycles. The van der Waals surface area contributed by atoms with Gasteiger partial charge in [-0.25, -0.2) is 0 Å². The molecule has 0 atom stereocenters. The van der Waals surface area contributed by atoms with E-state index in [1.165, 1.54) is 49.9 Å². The van der Waals surface area contributed by atoms with Crippen molar-refractivity contribution in [2.45, 2.75) is 38.8 Å². The SMILES string of the molecule is NCc1cnccc1CN1CCCCCC1. The zero-order chi connectivity index (χ0) is 11.2. The maximum absolute atomic E-state index is 5.73. The third-order valence-corrected chi connectivity index (χ3v) is 3.32. The van der Waals surface area contributed by atoms with Gasteiger partial charge in [0.15, 0.2) is 0 Å². The molecule has 1 aromatic rings. The molecule has 1 fully saturated rings. The van der Waals surface area contributed by atoms with Gasteiger partial charge in [0.1, 0.15) is 0 Å². The molecular weight excluding hydrogens is 198 g/mol. The molecule has 1 aliphatic heterocycles. The van der Waals surface area contributed by atoms with Gasteiger partial charge in [-0.3, -0.25) is 9.88 Å². The molecule has 0 saturated carbocycles. The molecule has 1 saturated heterocycles. The standard InChI is InChI=1S/C13H21N3/c14-9-13-10-15-6-5-12(13)11-16-7-3-1-2-4-8-16/h5-6,10H,1-4,7-9,11,14H2. The maximum Gasteiger partial charge on any atom is 0.0316 e. The highest BCUT2D eigenvalue weighted by molar-refractivity contribution is 5.22. The van der Waals surface area contributed by atoms with Gasteiger partial charge >= 0.3 is 0 Å². The van der Waals surface area contributed by atoms with Gasteiger partial charge in [-0.2, -0.15) is 0 Å². The first-order valence-corrected chi connectivity index (χ1v) is 6.24. The average Bonchev–Trinajstić information content (AvgIpc) is 2.58. The van der Waals surface area contributed by atoms with Gasteiger partial charge < -0.3 is 5.73 Å². The Kier molecular flexibility index (Phi) is 4.31. The fourth-order valence-electron chi connectivity index (χ4n) is 2.33. The molecule has 0 radical (unpaired) electrons. The summed E-state index contributed by atoms with van der Waals surface area (Å²) >= 11 is 0. The molecule has 0 aliphatic carbocycles. The van der Waals surface area contributed by atoms with E-state index in [9.17, 15) is 0 Å². The van der Waals surface area contributed by atoms with Gasteiger partial charge in [0.25, 0.3) is 0 Å². The van der Waals surface area contributed by atoms with Crippen molar-refractivity contribution >= 4 is 0 Å². The second-order valence-electron chi connectivity index (χ2n) is 4.54. The smallest absolute Gasteiger partial charge is 0.0316 e. The lowest BCUT2D eigenvalue weighted by Gasteiger charge is -2.21. The average molecular weight is 219 g/mol. The van der Waals surface area contributed by atoms with Crippen LogP contribution in [0.4, 0.5) is 0 Å². The molecule has 0 amide bonds. The van der Waals surface area contributed by atoms with Crippen LogP contribution in [0.25, 0.3) is 0 Å². The molecule has 1 aliphatic rings. The van der Waals surface area contributed by atoms with E-state index < -0.39 is 0 Å². The quantitative estimate of drug-likeness (QED) is 0.844. The molecule has 0 unspecified atom stereocenters. The lowest BCUT2D eigenvalue weighted by Crippen LogP contribution is -2.24. The van der Waals surface area contributed by atoms with E-state index in [1.54, 1.807) is 0 Å². The highest BCUT2D eigenvalue weighted by Crippen LogP contribution is 2.15. The van der Waals surface area contributed by atoms with Crippen LogP contribution < -0.4 is 5.73 Å². The summed E-state index contributed by atoms with van der Waals surface area (Å²) in [5, 5.41) is 0. The minimum Gasteiger partial charge on any atom is -0.326 e. The summed E-state index contributed by atoms with van der Waals surface area (Å²) in [6, 6.07) is 2.10. The molecule has 88 valence electrons. The lowest BCUT2D eigenvalue weighted by molar-refractivity contribution is 0.276. The largest absolute Gasteiger partial charge is 0.326 e. The number of aromatic nitrogens is 1. The topological polar surface area (TPSA) is 42.1 Å². The van der Waals surface area contributed by atoms with Gasteiger partial charge in [0.2, 0.25) is 0 Å². The lowest BCUT2D eigenvalue weighted by atomic mass is 10.1. The van der Waals surface area contributed by atoms with Crippen LogP contribution in [-0.4, -0.2) is 23.0 Å². The number of hydrogen-bond donors (Lipinski definition) is 1. The Hall–Kier alpha value is -0.930. The molecule has 3 nitrogen and oxygen atoms in total. The van der Waals surface area contributed by atoms with E-state index in [0.29, 0.717) is 6.54 Å². The Labute approximate surface area is 97.7 Å². The molecule has 2 heterocycles. The van der Waals surface area contributed by atoms with E-state index in [0.717, 1.165) is 6.54 Å². The number of likely N-dealkylation sites (tertiary alicyclic amines) is 1. The zero-order valence-electron chi connectivity index (χ0n) is 9.86. The Morgan fingerprint density at radius 1 is 1.12 bits per heavy atom. The summed E-state index contributed by atoms with van der Waals surface area (Å²) < 4.78 is 0. The van der Waals surface area contributed by atoms with Crippen molar-refractivity contribution in [1.29, 1.82) is 0 Å². The molecule has 3 heteroatoms. The van der Waals surface area contributed by atoms with E-state index >= 15 is 0 Å². The van der Waals surface area contributed by atoms with E-state index in [4.69, 9.17) is 5.73 Å². The van der Waals surface area contributed by atoms with Crippen LogP contribution >= 0.6 is 0 Å². The Balaban J connectivity index is 2.01. The van der Waals surface area contributed by atoms with Crippen molar-refractivity contribution in [2.75, 3.05) is 13.1 Å². The Bertz CT molecular complexity index is 317. The van der Waals surface area contributed by atoms with E-state index in [2.05, 4.69) is 16.0 Å². The monoisotopic (exact) mass is 219 g/mol. The van der Waals surface area contributed by atoms with Crippen LogP contribution in [0, 0.1) is 0 Å². The third kappa shape index (κ3) is 3.03. The number of nitrogens with zero attached hydrogens (tertiary/aromatic N) is 2. The summed E-state index contributed by atoms with van der Waals surface area (Å²) in [4.78, 5) is 6.67. The third-order valence-electron chi connectivity index (χ3n) is 3.32. The zero-order valence-corrected chi connectivity index (χ0v) is 9.86. The summed E-state index contributed by atoms with van der Waals surface area (Å²) in [5.74, 6) is 0. The summed E-state index contributed by atoms with van der Waals surface area (Å²) in [5.41, 5.74) is 8.26. The van der Waals surface area contributed by atoms with E-state index in [-0.39, 0.29) is 0 Å². The molecule has 0 spiro atoms. The minimum atomic E-state index is 0.594. The molecule has 16 heavy (non-hydrogen) atoms. The first kappa shape index (κ1) is 11.6. The van der Waals surface area contributed by atoms with Gasteiger partial charge in [0.05, 0.1) is 0 Å². The molecule has 2 rings (SSSR count). The van der Waals surface area contributed by atoms with Crippen LogP contribution in [0.3, 0.4) is 0 Å². The van der Waals surface area contributed by atoms with Crippen molar-refractivity contribution in [3.8, 4) is 0 Å². The second-order valence-corrected chi connectivity index (χ2v) is 4.54. The fraction of sp³-hybridized carbons (Fsp3) is 0.615. The van der Waals surface area contributed by atoms with Gasteiger partial charge in [0, 0.05) is 25.5 Å². The van der Waals surface area contributed by atoms with Crippen molar-refractivity contribution < 1.29 is 0 Å². The highest BCUT2D eigenvalue weighted by atomic mass is 15.1. The van der Waals surface area contributed by atoms with Crippen molar-refractivity contribution in [2.24, 2.45) is 5.73 Å². The fourth-order valence-corrected chi connectivity index (χ4v) is 2.33. The maximum atomic E-state index is 5.73. The number of hydrogen-bond acceptors (Lipinski definition) is 3. The van der Waals surface area contributed by atoms with Gasteiger partial charge in [-0.15, -0.1) is 0 Å². The Morgan fingerprint density at radius 3 is 2.56 bits per heavy atom. The van der Waals surface area contributed by atoms with Crippen LogP contribution in [0.5, 0.6) is 0 Å². The van der Waals surface area contributed by atoms with Crippen LogP contribution in [-0.2, 0) is 13.1 Å². The summed E-state index contributed by atoms with van der Waals surface area (Å²) in [7, 11) is 0. The predicted molar refractivity (Wildman–Crippen MR) is 65.9 cm³/mol. The molecule has 2 N–H and O–H groups in total. The minimum absolute atomic E-state index is 0.594. The van der Waals surface area contributed by atoms with Crippen LogP contribution in [0.1, 0.15) is 36.8 Å². The molecular formula is C13H21N3. The van der Waals surface area contributed by atoms with Crippen molar-refractivity contribution in [3.63, 3.8) is 0 Å².